The number of amides is 1. The van der Waals surface area contributed by atoms with E-state index in [9.17, 15) is 9.59 Å². The molecule has 1 N–H and O–H groups in total. The van der Waals surface area contributed by atoms with Crippen molar-refractivity contribution in [2.45, 2.75) is 26.8 Å². The lowest BCUT2D eigenvalue weighted by Crippen LogP contribution is -2.43. The third-order valence-electron chi connectivity index (χ3n) is 1.71. The molecule has 0 bridgehead atoms. The first kappa shape index (κ1) is 12.7. The van der Waals surface area contributed by atoms with Crippen LogP contribution in [-0.4, -0.2) is 24.5 Å². The molecule has 80 valence electrons. The Labute approximate surface area is 84.3 Å². The molecule has 0 rings (SSSR count). The Hall–Kier alpha value is -1.32. The Balaban J connectivity index is 4.09. The van der Waals surface area contributed by atoms with Gasteiger partial charge in [0.2, 0.25) is 0 Å². The number of ether oxygens (including phenoxy) is 1. The lowest BCUT2D eigenvalue weighted by molar-refractivity contribution is -0.119. The topological polar surface area (TPSA) is 55.4 Å². The van der Waals surface area contributed by atoms with E-state index >= 15 is 0 Å². The van der Waals surface area contributed by atoms with E-state index in [4.69, 9.17) is 4.74 Å². The zero-order valence-corrected chi connectivity index (χ0v) is 8.87. The highest BCUT2D eigenvalue weighted by molar-refractivity contribution is 5.85. The molecule has 0 fully saturated rings. The summed E-state index contributed by atoms with van der Waals surface area (Å²) in [7, 11) is 0. The molecule has 0 aliphatic carbocycles. The number of alkyl carbamates (subject to hydrolysis) is 1. The van der Waals surface area contributed by atoms with Gasteiger partial charge in [-0.25, -0.2) is 4.79 Å². The molecule has 4 heteroatoms. The summed E-state index contributed by atoms with van der Waals surface area (Å²) < 4.78 is 4.70. The van der Waals surface area contributed by atoms with Crippen LogP contribution < -0.4 is 5.32 Å². The molecule has 4 nitrogen and oxygen atoms in total. The first-order valence-corrected chi connectivity index (χ1v) is 4.53. The molecule has 1 atom stereocenters. The fourth-order valence-corrected chi connectivity index (χ4v) is 1.04. The number of Topliss-reactive ketones (excluding diaryl/α,β-unsaturated/α-hetero) is 1. The zero-order chi connectivity index (χ0) is 11.1. The third-order valence-corrected chi connectivity index (χ3v) is 1.71. The van der Waals surface area contributed by atoms with Crippen LogP contribution in [0.15, 0.2) is 12.7 Å². The Bertz CT molecular complexity index is 223. The summed E-state index contributed by atoms with van der Waals surface area (Å²) in [6, 6.07) is -0.479. The van der Waals surface area contributed by atoms with Crippen LogP contribution in [0, 0.1) is 5.92 Å². The Kier molecular flexibility index (Phi) is 5.60. The second kappa shape index (κ2) is 6.18. The quantitative estimate of drug-likeness (QED) is 0.683. The van der Waals surface area contributed by atoms with Gasteiger partial charge in [-0.05, 0) is 12.8 Å². The first-order valence-electron chi connectivity index (χ1n) is 4.53. The molecular weight excluding hydrogens is 182 g/mol. The van der Waals surface area contributed by atoms with Crippen LogP contribution >= 0.6 is 0 Å². The standard InChI is InChI=1S/C10H17NO3/c1-5-6-14-10(13)11-9(7(2)3)8(4)12/h5,7,9H,1,6H2,2-4H3,(H,11,13). The van der Waals surface area contributed by atoms with E-state index in [1.807, 2.05) is 13.8 Å². The van der Waals surface area contributed by atoms with E-state index in [2.05, 4.69) is 11.9 Å². The van der Waals surface area contributed by atoms with Crippen molar-refractivity contribution in [2.24, 2.45) is 5.92 Å². The molecule has 0 aliphatic heterocycles. The Morgan fingerprint density at radius 2 is 2.07 bits per heavy atom. The van der Waals surface area contributed by atoms with E-state index in [0.29, 0.717) is 0 Å². The predicted molar refractivity (Wildman–Crippen MR) is 54.0 cm³/mol. The first-order chi connectivity index (χ1) is 6.49. The molecular formula is C10H17NO3. The lowest BCUT2D eigenvalue weighted by Gasteiger charge is -2.18. The van der Waals surface area contributed by atoms with E-state index in [0.717, 1.165) is 0 Å². The molecule has 1 unspecified atom stereocenters. The summed E-state index contributed by atoms with van der Waals surface area (Å²) in [5, 5.41) is 2.49. The Morgan fingerprint density at radius 1 is 1.50 bits per heavy atom. The van der Waals surface area contributed by atoms with Crippen molar-refractivity contribution in [3.05, 3.63) is 12.7 Å². The van der Waals surface area contributed by atoms with E-state index in [-0.39, 0.29) is 18.3 Å². The zero-order valence-electron chi connectivity index (χ0n) is 8.87. The van der Waals surface area contributed by atoms with Crippen molar-refractivity contribution in [3.63, 3.8) is 0 Å². The minimum atomic E-state index is -0.584. The molecule has 0 radical (unpaired) electrons. The van der Waals surface area contributed by atoms with Gasteiger partial charge >= 0.3 is 6.09 Å². The number of carbonyl (C=O) groups excluding carboxylic acids is 2. The van der Waals surface area contributed by atoms with Gasteiger partial charge in [0.25, 0.3) is 0 Å². The van der Waals surface area contributed by atoms with Gasteiger partial charge in [-0.3, -0.25) is 4.79 Å². The highest BCUT2D eigenvalue weighted by Crippen LogP contribution is 2.02. The number of carbonyl (C=O) groups is 2. The maximum atomic E-state index is 11.1. The van der Waals surface area contributed by atoms with Gasteiger partial charge in [-0.2, -0.15) is 0 Å². The second-order valence-corrected chi connectivity index (χ2v) is 3.36. The van der Waals surface area contributed by atoms with Gasteiger partial charge in [0, 0.05) is 0 Å². The molecule has 0 heterocycles. The van der Waals surface area contributed by atoms with Gasteiger partial charge in [0.1, 0.15) is 6.61 Å². The maximum absolute atomic E-state index is 11.1. The van der Waals surface area contributed by atoms with Crippen molar-refractivity contribution in [2.75, 3.05) is 6.61 Å². The highest BCUT2D eigenvalue weighted by atomic mass is 16.5. The summed E-state index contributed by atoms with van der Waals surface area (Å²) in [5.41, 5.74) is 0. The van der Waals surface area contributed by atoms with Crippen molar-refractivity contribution >= 4 is 11.9 Å². The van der Waals surface area contributed by atoms with Crippen molar-refractivity contribution in [3.8, 4) is 0 Å². The molecule has 0 saturated heterocycles. The van der Waals surface area contributed by atoms with E-state index < -0.39 is 12.1 Å². The van der Waals surface area contributed by atoms with Crippen LogP contribution in [0.1, 0.15) is 20.8 Å². The SMILES string of the molecule is C=CCOC(=O)NC(C(C)=O)C(C)C. The van der Waals surface area contributed by atoms with Gasteiger partial charge < -0.3 is 10.1 Å². The van der Waals surface area contributed by atoms with Crippen LogP contribution in [0.25, 0.3) is 0 Å². The molecule has 0 aromatic heterocycles. The molecule has 0 aromatic carbocycles. The van der Waals surface area contributed by atoms with Gasteiger partial charge in [-0.1, -0.05) is 26.5 Å². The largest absolute Gasteiger partial charge is 0.445 e. The molecule has 1 amide bonds. The number of hydrogen-bond donors (Lipinski definition) is 1. The van der Waals surface area contributed by atoms with Crippen molar-refractivity contribution in [1.29, 1.82) is 0 Å². The molecule has 0 aliphatic rings. The number of nitrogens with one attached hydrogen (secondary N) is 1. The van der Waals surface area contributed by atoms with E-state index in [1.54, 1.807) is 0 Å². The van der Waals surface area contributed by atoms with Gasteiger partial charge in [0.05, 0.1) is 6.04 Å². The number of rotatable bonds is 5. The second-order valence-electron chi connectivity index (χ2n) is 3.36. The highest BCUT2D eigenvalue weighted by Gasteiger charge is 2.20. The van der Waals surface area contributed by atoms with Gasteiger partial charge in [-0.15, -0.1) is 0 Å². The smallest absolute Gasteiger partial charge is 0.408 e. The van der Waals surface area contributed by atoms with Crippen molar-refractivity contribution < 1.29 is 14.3 Å². The third kappa shape index (κ3) is 4.64. The van der Waals surface area contributed by atoms with E-state index in [1.165, 1.54) is 13.0 Å². The van der Waals surface area contributed by atoms with Crippen molar-refractivity contribution in [1.82, 2.24) is 5.32 Å². The predicted octanol–water partition coefficient (Wildman–Crippen LogP) is 1.51. The van der Waals surface area contributed by atoms with Crippen LogP contribution in [0.5, 0.6) is 0 Å². The van der Waals surface area contributed by atoms with Crippen LogP contribution in [-0.2, 0) is 9.53 Å². The summed E-state index contributed by atoms with van der Waals surface area (Å²) >= 11 is 0. The van der Waals surface area contributed by atoms with Crippen LogP contribution in [0.4, 0.5) is 4.79 Å². The molecule has 0 aromatic rings. The van der Waals surface area contributed by atoms with Gasteiger partial charge in [0.15, 0.2) is 5.78 Å². The molecule has 14 heavy (non-hydrogen) atoms. The van der Waals surface area contributed by atoms with Crippen LogP contribution in [0.3, 0.4) is 0 Å². The number of ketones is 1. The summed E-state index contributed by atoms with van der Waals surface area (Å²) in [5.74, 6) is -0.0145. The summed E-state index contributed by atoms with van der Waals surface area (Å²) in [4.78, 5) is 22.2. The fraction of sp³-hybridized carbons (Fsp3) is 0.600. The lowest BCUT2D eigenvalue weighted by atomic mass is 10.0. The average Bonchev–Trinajstić information content (AvgIpc) is 2.09. The molecule has 0 spiro atoms. The number of hydrogen-bond acceptors (Lipinski definition) is 3. The summed E-state index contributed by atoms with van der Waals surface area (Å²) in [6.45, 7) is 8.72. The normalized spacial score (nSPS) is 12.0. The average molecular weight is 199 g/mol. The minimum Gasteiger partial charge on any atom is -0.445 e. The fourth-order valence-electron chi connectivity index (χ4n) is 1.04. The molecule has 0 saturated carbocycles. The van der Waals surface area contributed by atoms with Crippen LogP contribution in [0.2, 0.25) is 0 Å². The monoisotopic (exact) mass is 199 g/mol. The maximum Gasteiger partial charge on any atom is 0.408 e. The minimum absolute atomic E-state index is 0.0591. The Morgan fingerprint density at radius 3 is 2.43 bits per heavy atom. The summed E-state index contributed by atoms with van der Waals surface area (Å²) in [6.07, 6.45) is 0.886.